The number of hydrogen-bond acceptors (Lipinski definition) is 0. The minimum absolute atomic E-state index is 0. The monoisotopic (exact) mass is 317 g/mol. The Labute approximate surface area is 83.2 Å². The Kier molecular flexibility index (Phi) is 4.03. The van der Waals surface area contributed by atoms with Crippen LogP contribution in [0.4, 0.5) is 0 Å². The van der Waals surface area contributed by atoms with E-state index >= 15 is 0 Å². The van der Waals surface area contributed by atoms with Crippen LogP contribution in [0.2, 0.25) is 19.6 Å². The van der Waals surface area contributed by atoms with E-state index in [0.29, 0.717) is 0 Å². The van der Waals surface area contributed by atoms with Crippen molar-refractivity contribution in [3.8, 4) is 0 Å². The van der Waals surface area contributed by atoms with E-state index in [0.717, 1.165) is 6.42 Å². The molecule has 54 valence electrons. The van der Waals surface area contributed by atoms with Gasteiger partial charge in [0.2, 0.25) is 0 Å². The normalized spacial score (nSPS) is 16.5. The van der Waals surface area contributed by atoms with Gasteiger partial charge in [0, 0.05) is 33.9 Å². The summed E-state index contributed by atoms with van der Waals surface area (Å²) in [5.74, 6) is 0. The van der Waals surface area contributed by atoms with Crippen molar-refractivity contribution in [2.75, 3.05) is 0 Å². The van der Waals surface area contributed by atoms with Crippen LogP contribution in [0.3, 0.4) is 0 Å². The van der Waals surface area contributed by atoms with Crippen LogP contribution >= 0.6 is 0 Å². The van der Waals surface area contributed by atoms with E-state index in [1.807, 2.05) is 0 Å². The fourth-order valence-corrected chi connectivity index (χ4v) is 2.17. The second-order valence-electron chi connectivity index (χ2n) is 3.45. The molecule has 1 aliphatic rings. The SMILES string of the molecule is C[Si](C)(C)C1=[C-]CC=C1.[Hf]. The van der Waals surface area contributed by atoms with Crippen LogP contribution in [0.5, 0.6) is 0 Å². The standard InChI is InChI=1S/C8H13Si.Hf/c1-9(2,3)8-6-4-5-7-8;/h4,6H,5H2,1-3H3;/q-1;. The van der Waals surface area contributed by atoms with Gasteiger partial charge in [0.25, 0.3) is 0 Å². The summed E-state index contributed by atoms with van der Waals surface area (Å²) in [5, 5.41) is 1.49. The number of allylic oxidation sites excluding steroid dienone is 4. The van der Waals surface area contributed by atoms with Crippen molar-refractivity contribution in [3.63, 3.8) is 0 Å². The van der Waals surface area contributed by atoms with E-state index < -0.39 is 8.07 Å². The first kappa shape index (κ1) is 10.6. The summed E-state index contributed by atoms with van der Waals surface area (Å²) in [7, 11) is -1.01. The molecule has 0 aliphatic heterocycles. The van der Waals surface area contributed by atoms with Crippen molar-refractivity contribution < 1.29 is 25.8 Å². The van der Waals surface area contributed by atoms with Crippen LogP contribution in [0, 0.1) is 6.08 Å². The fourth-order valence-electron chi connectivity index (χ4n) is 0.920. The molecule has 1 aliphatic carbocycles. The maximum atomic E-state index is 3.36. The molecule has 0 bridgehead atoms. The first-order valence-corrected chi connectivity index (χ1v) is 6.88. The minimum Gasteiger partial charge on any atom is -0.274 e. The molecule has 0 atom stereocenters. The van der Waals surface area contributed by atoms with Gasteiger partial charge in [0.15, 0.2) is 0 Å². The van der Waals surface area contributed by atoms with Crippen molar-refractivity contribution in [1.29, 1.82) is 0 Å². The summed E-state index contributed by atoms with van der Waals surface area (Å²) in [6.45, 7) is 7.06. The molecular weight excluding hydrogens is 303 g/mol. The van der Waals surface area contributed by atoms with Crippen molar-refractivity contribution in [1.82, 2.24) is 0 Å². The molecule has 0 unspecified atom stereocenters. The van der Waals surface area contributed by atoms with Crippen molar-refractivity contribution in [2.24, 2.45) is 0 Å². The van der Waals surface area contributed by atoms with Gasteiger partial charge in [-0.25, -0.2) is 11.3 Å². The zero-order valence-electron chi connectivity index (χ0n) is 6.86. The third-order valence-corrected chi connectivity index (χ3v) is 3.46. The topological polar surface area (TPSA) is 0 Å². The molecule has 1 rings (SSSR count). The second-order valence-corrected chi connectivity index (χ2v) is 8.49. The van der Waals surface area contributed by atoms with Gasteiger partial charge in [0.1, 0.15) is 0 Å². The van der Waals surface area contributed by atoms with Gasteiger partial charge in [-0.05, 0) is 0 Å². The summed E-state index contributed by atoms with van der Waals surface area (Å²) in [6.07, 6.45) is 8.82. The Hall–Kier alpha value is 0.567. The van der Waals surface area contributed by atoms with Crippen LogP contribution in [-0.4, -0.2) is 8.07 Å². The van der Waals surface area contributed by atoms with Crippen LogP contribution < -0.4 is 0 Å². The summed E-state index contributed by atoms with van der Waals surface area (Å²) in [4.78, 5) is 0. The zero-order chi connectivity index (χ0) is 6.91. The summed E-state index contributed by atoms with van der Waals surface area (Å²) >= 11 is 0. The van der Waals surface area contributed by atoms with Gasteiger partial charge in [-0.15, -0.1) is 6.42 Å². The third kappa shape index (κ3) is 2.67. The van der Waals surface area contributed by atoms with E-state index in [9.17, 15) is 0 Å². The molecule has 0 saturated heterocycles. The third-order valence-electron chi connectivity index (χ3n) is 1.50. The Balaban J connectivity index is 0.000000810. The molecule has 10 heavy (non-hydrogen) atoms. The number of hydrogen-bond donors (Lipinski definition) is 0. The molecule has 0 nitrogen and oxygen atoms in total. The van der Waals surface area contributed by atoms with Crippen molar-refractivity contribution in [3.05, 3.63) is 23.4 Å². The number of rotatable bonds is 1. The van der Waals surface area contributed by atoms with E-state index in [4.69, 9.17) is 0 Å². The van der Waals surface area contributed by atoms with Gasteiger partial charge in [0.05, 0.1) is 0 Å². The average Bonchev–Trinajstić information content (AvgIpc) is 2.08. The van der Waals surface area contributed by atoms with Gasteiger partial charge < -0.3 is 0 Å². The Bertz CT molecular complexity index is 163. The molecule has 0 saturated carbocycles. The predicted octanol–water partition coefficient (Wildman–Crippen LogP) is 2.55. The predicted molar refractivity (Wildman–Crippen MR) is 43.9 cm³/mol. The van der Waals surface area contributed by atoms with Gasteiger partial charge in [-0.1, -0.05) is 19.6 Å². The largest absolute Gasteiger partial charge is 0.274 e. The molecule has 0 amide bonds. The molecule has 2 heteroatoms. The smallest absolute Gasteiger partial charge is 0.0393 e. The first-order valence-electron chi connectivity index (χ1n) is 3.38. The Morgan fingerprint density at radius 1 is 1.40 bits per heavy atom. The molecule has 0 aromatic heterocycles. The summed E-state index contributed by atoms with van der Waals surface area (Å²) in [6, 6.07) is 0. The van der Waals surface area contributed by atoms with Crippen molar-refractivity contribution >= 4 is 8.07 Å². The molecule has 0 radical (unpaired) electrons. The molecule has 0 fully saturated rings. The second kappa shape index (κ2) is 3.81. The first-order chi connectivity index (χ1) is 4.11. The maximum absolute atomic E-state index is 3.36. The van der Waals surface area contributed by atoms with Gasteiger partial charge >= 0.3 is 0 Å². The van der Waals surface area contributed by atoms with Gasteiger partial charge in [-0.3, -0.25) is 6.08 Å². The van der Waals surface area contributed by atoms with Crippen molar-refractivity contribution in [2.45, 2.75) is 26.1 Å². The maximum Gasteiger partial charge on any atom is 0.0393 e. The molecular formula is C8H13HfSi-. The molecule has 0 N–H and O–H groups in total. The van der Waals surface area contributed by atoms with E-state index in [-0.39, 0.29) is 25.8 Å². The quantitative estimate of drug-likeness (QED) is 0.515. The van der Waals surface area contributed by atoms with Crippen LogP contribution in [0.25, 0.3) is 0 Å². The molecule has 0 aromatic rings. The van der Waals surface area contributed by atoms with E-state index in [1.54, 1.807) is 0 Å². The molecule has 0 spiro atoms. The Morgan fingerprint density at radius 3 is 2.20 bits per heavy atom. The Morgan fingerprint density at radius 2 is 2.00 bits per heavy atom. The molecule has 0 aromatic carbocycles. The summed E-state index contributed by atoms with van der Waals surface area (Å²) in [5.41, 5.74) is 0. The van der Waals surface area contributed by atoms with E-state index in [1.165, 1.54) is 5.20 Å². The average molecular weight is 316 g/mol. The van der Waals surface area contributed by atoms with Crippen LogP contribution in [0.15, 0.2) is 17.3 Å². The van der Waals surface area contributed by atoms with E-state index in [2.05, 4.69) is 37.9 Å². The van der Waals surface area contributed by atoms with Crippen LogP contribution in [-0.2, 0) is 25.8 Å². The molecule has 0 heterocycles. The van der Waals surface area contributed by atoms with Gasteiger partial charge in [-0.2, -0.15) is 6.08 Å². The summed E-state index contributed by atoms with van der Waals surface area (Å²) < 4.78 is 0. The van der Waals surface area contributed by atoms with Crippen LogP contribution in [0.1, 0.15) is 6.42 Å². The zero-order valence-corrected chi connectivity index (χ0v) is 11.5. The minimum atomic E-state index is -1.01. The fraction of sp³-hybridized carbons (Fsp3) is 0.500.